The molecular formula is C28H46N2O5. The third kappa shape index (κ3) is 10.5. The second kappa shape index (κ2) is 12.6. The average Bonchev–Trinajstić information content (AvgIpc) is 2.75. The number of nitrogens with zero attached hydrogens (tertiary/aromatic N) is 1. The summed E-state index contributed by atoms with van der Waals surface area (Å²) in [6.45, 7) is 15.4. The SMILES string of the molecule is CCCCC1CC(CNC(=O)OC(C)(C)C)(COCc2ccccc2)CCN1C(=O)OC(C)(C)C. The summed E-state index contributed by atoms with van der Waals surface area (Å²) in [4.78, 5) is 27.3. The quantitative estimate of drug-likeness (QED) is 0.439. The van der Waals surface area contributed by atoms with Crippen LogP contribution in [-0.4, -0.2) is 54.0 Å². The third-order valence-corrected chi connectivity index (χ3v) is 6.04. The van der Waals surface area contributed by atoms with E-state index in [0.717, 1.165) is 31.2 Å². The zero-order valence-corrected chi connectivity index (χ0v) is 22.8. The van der Waals surface area contributed by atoms with Crippen LogP contribution in [0.3, 0.4) is 0 Å². The number of benzene rings is 1. The Labute approximate surface area is 211 Å². The number of ether oxygens (including phenoxy) is 3. The molecule has 1 aliphatic rings. The van der Waals surface area contributed by atoms with Crippen LogP contribution in [0.25, 0.3) is 0 Å². The number of nitrogens with one attached hydrogen (secondary N) is 1. The van der Waals surface area contributed by atoms with Gasteiger partial charge in [-0.1, -0.05) is 50.1 Å². The van der Waals surface area contributed by atoms with E-state index in [1.54, 1.807) is 0 Å². The fourth-order valence-electron chi connectivity index (χ4n) is 4.39. The Morgan fingerprint density at radius 1 is 1.06 bits per heavy atom. The van der Waals surface area contributed by atoms with E-state index in [-0.39, 0.29) is 17.6 Å². The normalized spacial score (nSPS) is 20.9. The fraction of sp³-hybridized carbons (Fsp3) is 0.714. The number of unbranched alkanes of at least 4 members (excludes halogenated alkanes) is 1. The molecule has 1 aromatic carbocycles. The number of hydrogen-bond donors (Lipinski definition) is 1. The maximum absolute atomic E-state index is 13.0. The highest BCUT2D eigenvalue weighted by atomic mass is 16.6. The minimum Gasteiger partial charge on any atom is -0.444 e. The summed E-state index contributed by atoms with van der Waals surface area (Å²) in [5, 5.41) is 2.98. The van der Waals surface area contributed by atoms with Crippen molar-refractivity contribution >= 4 is 12.2 Å². The Balaban J connectivity index is 2.17. The smallest absolute Gasteiger partial charge is 0.410 e. The highest BCUT2D eigenvalue weighted by Crippen LogP contribution is 2.38. The monoisotopic (exact) mass is 490 g/mol. The Kier molecular flexibility index (Phi) is 10.4. The standard InChI is InChI=1S/C28H46N2O5/c1-8-9-15-23-18-28(20-29-24(31)34-26(2,3)4,21-33-19-22-13-11-10-12-14-22)16-17-30(23)25(32)35-27(5,6)7/h10-14,23H,8-9,15-21H2,1-7H3,(H,29,31). The lowest BCUT2D eigenvalue weighted by Gasteiger charge is -2.46. The molecule has 0 spiro atoms. The van der Waals surface area contributed by atoms with Crippen molar-refractivity contribution < 1.29 is 23.8 Å². The van der Waals surface area contributed by atoms with Crippen LogP contribution in [0.15, 0.2) is 30.3 Å². The third-order valence-electron chi connectivity index (χ3n) is 6.04. The summed E-state index contributed by atoms with van der Waals surface area (Å²) in [5.41, 5.74) is -0.303. The molecule has 35 heavy (non-hydrogen) atoms. The molecule has 1 heterocycles. The first-order valence-electron chi connectivity index (χ1n) is 12.9. The molecule has 1 saturated heterocycles. The summed E-state index contributed by atoms with van der Waals surface area (Å²) in [7, 11) is 0. The van der Waals surface area contributed by atoms with E-state index in [4.69, 9.17) is 14.2 Å². The number of carbonyl (C=O) groups excluding carboxylic acids is 2. The molecule has 2 unspecified atom stereocenters. The van der Waals surface area contributed by atoms with E-state index < -0.39 is 17.3 Å². The summed E-state index contributed by atoms with van der Waals surface area (Å²) in [6.07, 6.45) is 3.70. The second-order valence-corrected chi connectivity index (χ2v) is 11.8. The van der Waals surface area contributed by atoms with Gasteiger partial charge in [-0.3, -0.25) is 0 Å². The van der Waals surface area contributed by atoms with Gasteiger partial charge in [0.15, 0.2) is 0 Å². The average molecular weight is 491 g/mol. The van der Waals surface area contributed by atoms with Gasteiger partial charge in [-0.05, 0) is 66.4 Å². The molecule has 198 valence electrons. The lowest BCUT2D eigenvalue weighted by Crippen LogP contribution is -2.55. The number of alkyl carbamates (subject to hydrolysis) is 1. The molecular weight excluding hydrogens is 444 g/mol. The number of piperidine rings is 1. The lowest BCUT2D eigenvalue weighted by molar-refractivity contribution is -0.0419. The number of hydrogen-bond acceptors (Lipinski definition) is 5. The zero-order chi connectivity index (χ0) is 26.1. The van der Waals surface area contributed by atoms with Crippen LogP contribution in [0.2, 0.25) is 0 Å². The highest BCUT2D eigenvalue weighted by molar-refractivity contribution is 5.69. The molecule has 1 aromatic rings. The van der Waals surface area contributed by atoms with Gasteiger partial charge in [0.25, 0.3) is 0 Å². The Morgan fingerprint density at radius 2 is 1.71 bits per heavy atom. The molecule has 1 N–H and O–H groups in total. The van der Waals surface area contributed by atoms with Crippen molar-refractivity contribution in [3.05, 3.63) is 35.9 Å². The molecule has 7 heteroatoms. The van der Waals surface area contributed by atoms with Gasteiger partial charge >= 0.3 is 12.2 Å². The molecule has 1 aliphatic heterocycles. The van der Waals surface area contributed by atoms with Crippen LogP contribution in [-0.2, 0) is 20.8 Å². The number of amides is 2. The van der Waals surface area contributed by atoms with Crippen molar-refractivity contribution in [2.75, 3.05) is 19.7 Å². The van der Waals surface area contributed by atoms with Crippen LogP contribution in [0.1, 0.15) is 86.1 Å². The predicted octanol–water partition coefficient (Wildman–Crippen LogP) is 6.30. The first kappa shape index (κ1) is 29.0. The highest BCUT2D eigenvalue weighted by Gasteiger charge is 2.43. The van der Waals surface area contributed by atoms with E-state index in [9.17, 15) is 9.59 Å². The molecule has 2 atom stereocenters. The van der Waals surface area contributed by atoms with Crippen molar-refractivity contribution in [1.82, 2.24) is 10.2 Å². The summed E-state index contributed by atoms with van der Waals surface area (Å²) in [5.74, 6) is 0. The molecule has 1 fully saturated rings. The Morgan fingerprint density at radius 3 is 2.31 bits per heavy atom. The molecule has 2 rings (SSSR count). The molecule has 2 amide bonds. The van der Waals surface area contributed by atoms with Gasteiger partial charge in [-0.25, -0.2) is 9.59 Å². The van der Waals surface area contributed by atoms with Crippen molar-refractivity contribution in [2.24, 2.45) is 5.41 Å². The summed E-state index contributed by atoms with van der Waals surface area (Å²) < 4.78 is 17.4. The van der Waals surface area contributed by atoms with Gasteiger partial charge in [-0.2, -0.15) is 0 Å². The van der Waals surface area contributed by atoms with E-state index in [1.807, 2.05) is 76.8 Å². The van der Waals surface area contributed by atoms with Crippen LogP contribution < -0.4 is 5.32 Å². The second-order valence-electron chi connectivity index (χ2n) is 11.8. The molecule has 7 nitrogen and oxygen atoms in total. The Bertz CT molecular complexity index is 800. The van der Waals surface area contributed by atoms with Crippen LogP contribution in [0, 0.1) is 5.41 Å². The van der Waals surface area contributed by atoms with Crippen molar-refractivity contribution in [2.45, 2.75) is 104 Å². The first-order chi connectivity index (χ1) is 16.3. The largest absolute Gasteiger partial charge is 0.444 e. The zero-order valence-electron chi connectivity index (χ0n) is 22.8. The molecule has 0 radical (unpaired) electrons. The molecule has 0 bridgehead atoms. The van der Waals surface area contributed by atoms with Crippen LogP contribution >= 0.6 is 0 Å². The van der Waals surface area contributed by atoms with E-state index in [1.165, 1.54) is 0 Å². The summed E-state index contributed by atoms with van der Waals surface area (Å²) in [6, 6.07) is 10.1. The van der Waals surface area contributed by atoms with E-state index >= 15 is 0 Å². The van der Waals surface area contributed by atoms with Crippen molar-refractivity contribution in [3.8, 4) is 0 Å². The van der Waals surface area contributed by atoms with Gasteiger partial charge in [0.2, 0.25) is 0 Å². The lowest BCUT2D eigenvalue weighted by atomic mass is 9.74. The minimum absolute atomic E-state index is 0.0271. The maximum Gasteiger partial charge on any atom is 0.410 e. The van der Waals surface area contributed by atoms with Crippen LogP contribution in [0.5, 0.6) is 0 Å². The predicted molar refractivity (Wildman–Crippen MR) is 138 cm³/mol. The van der Waals surface area contributed by atoms with Gasteiger partial charge in [0.05, 0.1) is 13.2 Å². The number of likely N-dealkylation sites (tertiary alicyclic amines) is 1. The molecule has 0 saturated carbocycles. The number of rotatable bonds is 9. The Hall–Kier alpha value is -2.28. The topological polar surface area (TPSA) is 77.1 Å². The van der Waals surface area contributed by atoms with E-state index in [0.29, 0.717) is 32.7 Å². The van der Waals surface area contributed by atoms with Gasteiger partial charge in [0, 0.05) is 24.5 Å². The maximum atomic E-state index is 13.0. The fourth-order valence-corrected chi connectivity index (χ4v) is 4.39. The summed E-state index contributed by atoms with van der Waals surface area (Å²) >= 11 is 0. The van der Waals surface area contributed by atoms with E-state index in [2.05, 4.69) is 12.2 Å². The molecule has 0 aliphatic carbocycles. The van der Waals surface area contributed by atoms with Gasteiger partial charge in [0.1, 0.15) is 11.2 Å². The number of carbonyl (C=O) groups is 2. The molecule has 0 aromatic heterocycles. The van der Waals surface area contributed by atoms with Crippen molar-refractivity contribution in [3.63, 3.8) is 0 Å². The minimum atomic E-state index is -0.565. The van der Waals surface area contributed by atoms with Crippen molar-refractivity contribution in [1.29, 1.82) is 0 Å². The van der Waals surface area contributed by atoms with Gasteiger partial charge < -0.3 is 24.4 Å². The van der Waals surface area contributed by atoms with Gasteiger partial charge in [-0.15, -0.1) is 0 Å². The van der Waals surface area contributed by atoms with Crippen LogP contribution in [0.4, 0.5) is 9.59 Å². The first-order valence-corrected chi connectivity index (χ1v) is 12.9.